The average molecular weight is 459 g/mol. The predicted molar refractivity (Wildman–Crippen MR) is 134 cm³/mol. The van der Waals surface area contributed by atoms with Gasteiger partial charge in [0.15, 0.2) is 0 Å². The molecule has 33 heavy (non-hydrogen) atoms. The molecule has 0 bridgehead atoms. The Balaban J connectivity index is 1.67. The maximum atomic E-state index is 13.2. The fourth-order valence-corrected chi connectivity index (χ4v) is 4.78. The van der Waals surface area contributed by atoms with Gasteiger partial charge in [-0.05, 0) is 29.5 Å². The Bertz CT molecular complexity index is 1360. The number of rotatable bonds is 7. The molecule has 0 spiro atoms. The molecule has 0 radical (unpaired) electrons. The highest BCUT2D eigenvalue weighted by atomic mass is 32.2. The highest BCUT2D eigenvalue weighted by molar-refractivity contribution is 7.92. The van der Waals surface area contributed by atoms with Gasteiger partial charge in [0.25, 0.3) is 0 Å². The lowest BCUT2D eigenvalue weighted by Crippen LogP contribution is -2.42. The Hall–Kier alpha value is -3.64. The molecule has 0 fully saturated rings. The van der Waals surface area contributed by atoms with E-state index in [4.69, 9.17) is 0 Å². The van der Waals surface area contributed by atoms with Gasteiger partial charge in [0.2, 0.25) is 15.9 Å². The fraction of sp³-hybridized carbons (Fsp3) is 0.148. The van der Waals surface area contributed by atoms with E-state index in [1.165, 1.54) is 4.31 Å². The predicted octanol–water partition coefficient (Wildman–Crippen LogP) is 4.82. The topological polar surface area (TPSA) is 66.5 Å². The van der Waals surface area contributed by atoms with Gasteiger partial charge in [-0.25, -0.2) is 8.42 Å². The van der Waals surface area contributed by atoms with Crippen molar-refractivity contribution in [3.63, 3.8) is 0 Å². The number of carbonyl (C=O) groups is 1. The number of nitrogens with zero attached hydrogens (tertiary/aromatic N) is 1. The van der Waals surface area contributed by atoms with Crippen LogP contribution in [0.2, 0.25) is 0 Å². The molecule has 6 heteroatoms. The van der Waals surface area contributed by atoms with Crippen molar-refractivity contribution < 1.29 is 13.2 Å². The number of carbonyl (C=O) groups excluding carboxylic acids is 1. The van der Waals surface area contributed by atoms with Crippen LogP contribution in [-0.4, -0.2) is 27.1 Å². The largest absolute Gasteiger partial charge is 0.344 e. The first-order chi connectivity index (χ1) is 15.8. The van der Waals surface area contributed by atoms with E-state index in [9.17, 15) is 13.2 Å². The summed E-state index contributed by atoms with van der Waals surface area (Å²) in [7, 11) is -3.70. The minimum Gasteiger partial charge on any atom is -0.344 e. The summed E-state index contributed by atoms with van der Waals surface area (Å²) in [6.45, 7) is 1.69. The summed E-state index contributed by atoms with van der Waals surface area (Å²) in [5, 5.41) is 4.73. The molecule has 0 heterocycles. The molecule has 1 amide bonds. The van der Waals surface area contributed by atoms with Crippen molar-refractivity contribution in [2.45, 2.75) is 13.0 Å². The van der Waals surface area contributed by atoms with E-state index in [-0.39, 0.29) is 12.5 Å². The zero-order valence-corrected chi connectivity index (χ0v) is 19.4. The minimum absolute atomic E-state index is 0.317. The van der Waals surface area contributed by atoms with Crippen molar-refractivity contribution in [2.75, 3.05) is 17.1 Å². The number of aryl methyl sites for hydroxylation is 1. The second kappa shape index (κ2) is 9.46. The molecule has 0 unspecified atom stereocenters. The van der Waals surface area contributed by atoms with Gasteiger partial charge in [0.1, 0.15) is 6.54 Å². The van der Waals surface area contributed by atoms with Crippen LogP contribution in [-0.2, 0) is 14.8 Å². The van der Waals surface area contributed by atoms with E-state index in [0.29, 0.717) is 5.69 Å². The first kappa shape index (κ1) is 22.6. The first-order valence-electron chi connectivity index (χ1n) is 10.7. The third-order valence-corrected chi connectivity index (χ3v) is 6.70. The molecule has 5 nitrogen and oxygen atoms in total. The van der Waals surface area contributed by atoms with Crippen LogP contribution in [0.25, 0.3) is 10.8 Å². The number of anilines is 1. The molecule has 4 aromatic rings. The molecule has 0 aliphatic carbocycles. The Morgan fingerprint density at radius 3 is 2.12 bits per heavy atom. The molecule has 4 rings (SSSR count). The summed E-state index contributed by atoms with van der Waals surface area (Å²) in [6, 6.07) is 30.2. The number of hydrogen-bond donors (Lipinski definition) is 1. The lowest BCUT2D eigenvalue weighted by atomic mass is 9.98. The zero-order valence-electron chi connectivity index (χ0n) is 18.6. The summed E-state index contributed by atoms with van der Waals surface area (Å²) >= 11 is 0. The van der Waals surface area contributed by atoms with Crippen molar-refractivity contribution >= 4 is 32.4 Å². The smallest absolute Gasteiger partial charge is 0.241 e. The van der Waals surface area contributed by atoms with E-state index in [0.717, 1.165) is 33.7 Å². The third kappa shape index (κ3) is 5.23. The summed E-state index contributed by atoms with van der Waals surface area (Å²) in [6.07, 6.45) is 1.12. The zero-order chi connectivity index (χ0) is 23.4. The number of amides is 1. The van der Waals surface area contributed by atoms with Gasteiger partial charge in [-0.15, -0.1) is 0 Å². The Kier molecular flexibility index (Phi) is 6.47. The molecule has 1 N–H and O–H groups in total. The number of fused-ring (bicyclic) bond motifs is 1. The SMILES string of the molecule is Cc1ccc([C@@H](NC(=O)CN(c2cccc3ccccc23)S(C)(=O)=O)c2ccccc2)cc1. The maximum absolute atomic E-state index is 13.2. The molecule has 168 valence electrons. The highest BCUT2D eigenvalue weighted by Crippen LogP contribution is 2.29. The molecule has 0 saturated heterocycles. The van der Waals surface area contributed by atoms with Gasteiger partial charge in [-0.1, -0.05) is 96.6 Å². The first-order valence-corrected chi connectivity index (χ1v) is 12.5. The van der Waals surface area contributed by atoms with Gasteiger partial charge < -0.3 is 5.32 Å². The Morgan fingerprint density at radius 2 is 1.42 bits per heavy atom. The molecular weight excluding hydrogens is 432 g/mol. The lowest BCUT2D eigenvalue weighted by molar-refractivity contribution is -0.120. The van der Waals surface area contributed by atoms with E-state index in [1.54, 1.807) is 12.1 Å². The summed E-state index contributed by atoms with van der Waals surface area (Å²) in [5.74, 6) is -0.386. The van der Waals surface area contributed by atoms with E-state index in [1.807, 2.05) is 91.9 Å². The second-order valence-electron chi connectivity index (χ2n) is 8.09. The van der Waals surface area contributed by atoms with Crippen molar-refractivity contribution in [1.29, 1.82) is 0 Å². The number of nitrogens with one attached hydrogen (secondary N) is 1. The van der Waals surface area contributed by atoms with Crippen LogP contribution in [0, 0.1) is 6.92 Å². The van der Waals surface area contributed by atoms with Crippen LogP contribution in [0.3, 0.4) is 0 Å². The van der Waals surface area contributed by atoms with Gasteiger partial charge in [-0.3, -0.25) is 9.10 Å². The van der Waals surface area contributed by atoms with Crippen LogP contribution in [0.5, 0.6) is 0 Å². The Labute approximate surface area is 194 Å². The molecule has 0 aliphatic heterocycles. The van der Waals surface area contributed by atoms with Crippen LogP contribution >= 0.6 is 0 Å². The van der Waals surface area contributed by atoms with E-state index < -0.39 is 16.1 Å². The molecule has 1 atom stereocenters. The van der Waals surface area contributed by atoms with Crippen LogP contribution in [0.4, 0.5) is 5.69 Å². The number of sulfonamides is 1. The van der Waals surface area contributed by atoms with Crippen LogP contribution in [0.1, 0.15) is 22.7 Å². The maximum Gasteiger partial charge on any atom is 0.241 e. The van der Waals surface area contributed by atoms with E-state index >= 15 is 0 Å². The summed E-state index contributed by atoms with van der Waals surface area (Å²) in [4.78, 5) is 13.2. The van der Waals surface area contributed by atoms with Crippen molar-refractivity contribution in [1.82, 2.24) is 5.32 Å². The van der Waals surface area contributed by atoms with E-state index in [2.05, 4.69) is 5.32 Å². The van der Waals surface area contributed by atoms with Gasteiger partial charge in [0.05, 0.1) is 18.0 Å². The molecule has 0 aliphatic rings. The van der Waals surface area contributed by atoms with Gasteiger partial charge in [0, 0.05) is 5.39 Å². The number of hydrogen-bond acceptors (Lipinski definition) is 3. The number of benzene rings is 4. The lowest BCUT2D eigenvalue weighted by Gasteiger charge is -2.26. The van der Waals surface area contributed by atoms with Crippen molar-refractivity contribution in [3.8, 4) is 0 Å². The summed E-state index contributed by atoms with van der Waals surface area (Å²) < 4.78 is 26.6. The third-order valence-electron chi connectivity index (χ3n) is 5.57. The molecular formula is C27H26N2O3S. The van der Waals surface area contributed by atoms with Crippen molar-refractivity contribution in [2.24, 2.45) is 0 Å². The van der Waals surface area contributed by atoms with Crippen LogP contribution < -0.4 is 9.62 Å². The monoisotopic (exact) mass is 458 g/mol. The second-order valence-corrected chi connectivity index (χ2v) is 10.00. The standard InChI is InChI=1S/C27H26N2O3S/c1-20-15-17-23(18-16-20)27(22-10-4-3-5-11-22)28-26(30)19-29(33(2,31)32)25-14-8-12-21-9-6-7-13-24(21)25/h3-18,27H,19H2,1-2H3,(H,28,30)/t27-/m0/s1. The molecule has 0 saturated carbocycles. The highest BCUT2D eigenvalue weighted by Gasteiger charge is 2.25. The fourth-order valence-electron chi connectivity index (χ4n) is 3.91. The molecule has 0 aromatic heterocycles. The average Bonchev–Trinajstić information content (AvgIpc) is 2.81. The van der Waals surface area contributed by atoms with Crippen molar-refractivity contribution in [3.05, 3.63) is 114 Å². The van der Waals surface area contributed by atoms with Gasteiger partial charge >= 0.3 is 0 Å². The summed E-state index contributed by atoms with van der Waals surface area (Å²) in [5.41, 5.74) is 3.45. The quantitative estimate of drug-likeness (QED) is 0.432. The normalized spacial score (nSPS) is 12.3. The minimum atomic E-state index is -3.70. The Morgan fingerprint density at radius 1 is 0.818 bits per heavy atom. The van der Waals surface area contributed by atoms with Crippen LogP contribution in [0.15, 0.2) is 97.1 Å². The van der Waals surface area contributed by atoms with Gasteiger partial charge in [-0.2, -0.15) is 0 Å². The molecule has 4 aromatic carbocycles.